The first kappa shape index (κ1) is 11.1. The van der Waals surface area contributed by atoms with Crippen molar-refractivity contribution in [1.82, 2.24) is 0 Å². The molecule has 0 saturated heterocycles. The average Bonchev–Trinajstić information content (AvgIpc) is 2.18. The van der Waals surface area contributed by atoms with Gasteiger partial charge < -0.3 is 4.74 Å². The van der Waals surface area contributed by atoms with Crippen molar-refractivity contribution in [2.45, 2.75) is 41.0 Å². The molecule has 0 radical (unpaired) electrons. The lowest BCUT2D eigenvalue weighted by atomic mass is 9.99. The fraction of sp³-hybridized carbons (Fsp3) is 0.538. The molecule has 0 saturated carbocycles. The van der Waals surface area contributed by atoms with Gasteiger partial charge in [0, 0.05) is 0 Å². The minimum absolute atomic E-state index is 0.808. The lowest BCUT2D eigenvalue weighted by Gasteiger charge is -2.14. The van der Waals surface area contributed by atoms with Gasteiger partial charge in [-0.05, 0) is 62.4 Å². The number of hydrogen-bond acceptors (Lipinski definition) is 1. The third-order valence-electron chi connectivity index (χ3n) is 2.90. The van der Waals surface area contributed by atoms with Gasteiger partial charge in [-0.25, -0.2) is 0 Å². The first-order chi connectivity index (χ1) is 6.57. The second-order valence-corrected chi connectivity index (χ2v) is 3.92. The minimum atomic E-state index is 0.808. The Bertz CT molecular complexity index is 326. The molecule has 0 aliphatic heterocycles. The van der Waals surface area contributed by atoms with E-state index in [-0.39, 0.29) is 0 Å². The molecule has 0 spiro atoms. The molecule has 0 amide bonds. The van der Waals surface area contributed by atoms with E-state index < -0.39 is 0 Å². The molecule has 0 N–H and O–H groups in total. The number of ether oxygens (including phenoxy) is 1. The van der Waals surface area contributed by atoms with E-state index in [1.807, 2.05) is 0 Å². The van der Waals surface area contributed by atoms with Crippen molar-refractivity contribution in [1.29, 1.82) is 0 Å². The summed E-state index contributed by atoms with van der Waals surface area (Å²) in [5.74, 6) is 1.05. The van der Waals surface area contributed by atoms with E-state index >= 15 is 0 Å². The standard InChI is InChI=1S/C13H20O/c1-6-7-14-13-8-9(2)10(3)11(4)12(13)5/h8H,6-7H2,1-5H3. The maximum absolute atomic E-state index is 5.70. The Morgan fingerprint density at radius 3 is 2.21 bits per heavy atom. The summed E-state index contributed by atoms with van der Waals surface area (Å²) >= 11 is 0. The van der Waals surface area contributed by atoms with Crippen LogP contribution in [0.1, 0.15) is 35.6 Å². The summed E-state index contributed by atoms with van der Waals surface area (Å²) in [6.45, 7) is 11.5. The van der Waals surface area contributed by atoms with Crippen LogP contribution in [0.5, 0.6) is 5.75 Å². The summed E-state index contributed by atoms with van der Waals surface area (Å²) in [4.78, 5) is 0. The van der Waals surface area contributed by atoms with Crippen LogP contribution in [-0.4, -0.2) is 6.61 Å². The molecule has 1 aromatic rings. The van der Waals surface area contributed by atoms with Gasteiger partial charge in [-0.1, -0.05) is 6.92 Å². The fourth-order valence-corrected chi connectivity index (χ4v) is 1.54. The minimum Gasteiger partial charge on any atom is -0.493 e. The lowest BCUT2D eigenvalue weighted by molar-refractivity contribution is 0.315. The zero-order valence-corrected chi connectivity index (χ0v) is 9.90. The summed E-state index contributed by atoms with van der Waals surface area (Å²) in [5.41, 5.74) is 5.34. The predicted octanol–water partition coefficient (Wildman–Crippen LogP) is 3.71. The molecule has 0 aromatic heterocycles. The number of aryl methyl sites for hydroxylation is 1. The molecule has 14 heavy (non-hydrogen) atoms. The smallest absolute Gasteiger partial charge is 0.122 e. The molecular formula is C13H20O. The first-order valence-corrected chi connectivity index (χ1v) is 5.28. The molecule has 1 nitrogen and oxygen atoms in total. The van der Waals surface area contributed by atoms with Gasteiger partial charge in [-0.3, -0.25) is 0 Å². The van der Waals surface area contributed by atoms with E-state index in [1.54, 1.807) is 0 Å². The van der Waals surface area contributed by atoms with Crippen molar-refractivity contribution in [2.24, 2.45) is 0 Å². The van der Waals surface area contributed by atoms with Crippen molar-refractivity contribution in [3.63, 3.8) is 0 Å². The molecule has 1 rings (SSSR count). The van der Waals surface area contributed by atoms with Crippen LogP contribution in [0.3, 0.4) is 0 Å². The molecule has 0 unspecified atom stereocenters. The molecule has 1 heteroatoms. The highest BCUT2D eigenvalue weighted by molar-refractivity contribution is 5.47. The number of benzene rings is 1. The number of hydrogen-bond donors (Lipinski definition) is 0. The van der Waals surface area contributed by atoms with Crippen molar-refractivity contribution in [2.75, 3.05) is 6.61 Å². The summed E-state index contributed by atoms with van der Waals surface area (Å²) < 4.78 is 5.70. The Kier molecular flexibility index (Phi) is 3.56. The molecule has 0 heterocycles. The van der Waals surface area contributed by atoms with Gasteiger partial charge in [0.15, 0.2) is 0 Å². The second kappa shape index (κ2) is 4.50. The van der Waals surface area contributed by atoms with E-state index in [9.17, 15) is 0 Å². The van der Waals surface area contributed by atoms with E-state index in [0.29, 0.717) is 0 Å². The zero-order valence-electron chi connectivity index (χ0n) is 9.90. The largest absolute Gasteiger partial charge is 0.493 e. The van der Waals surface area contributed by atoms with E-state index in [1.165, 1.54) is 22.3 Å². The van der Waals surface area contributed by atoms with Crippen LogP contribution in [0.15, 0.2) is 6.07 Å². The highest BCUT2D eigenvalue weighted by Crippen LogP contribution is 2.26. The molecule has 1 aromatic carbocycles. The van der Waals surface area contributed by atoms with Crippen LogP contribution in [0, 0.1) is 27.7 Å². The zero-order chi connectivity index (χ0) is 10.7. The summed E-state index contributed by atoms with van der Waals surface area (Å²) in [6.07, 6.45) is 1.06. The molecule has 0 fully saturated rings. The second-order valence-electron chi connectivity index (χ2n) is 3.92. The Morgan fingerprint density at radius 2 is 1.64 bits per heavy atom. The Hall–Kier alpha value is -0.980. The number of rotatable bonds is 3. The van der Waals surface area contributed by atoms with Crippen LogP contribution in [-0.2, 0) is 0 Å². The van der Waals surface area contributed by atoms with Gasteiger partial charge in [0.1, 0.15) is 5.75 Å². The predicted molar refractivity (Wildman–Crippen MR) is 61.2 cm³/mol. The molecule has 0 bridgehead atoms. The van der Waals surface area contributed by atoms with Crippen LogP contribution in [0.25, 0.3) is 0 Å². The maximum atomic E-state index is 5.70. The van der Waals surface area contributed by atoms with Crippen LogP contribution in [0.4, 0.5) is 0 Å². The van der Waals surface area contributed by atoms with Gasteiger partial charge >= 0.3 is 0 Å². The topological polar surface area (TPSA) is 9.23 Å². The molecule has 78 valence electrons. The monoisotopic (exact) mass is 192 g/mol. The van der Waals surface area contributed by atoms with Crippen molar-refractivity contribution >= 4 is 0 Å². The van der Waals surface area contributed by atoms with E-state index in [2.05, 4.69) is 40.7 Å². The van der Waals surface area contributed by atoms with Crippen LogP contribution in [0.2, 0.25) is 0 Å². The molecule has 0 aliphatic rings. The van der Waals surface area contributed by atoms with Crippen LogP contribution < -0.4 is 4.74 Å². The van der Waals surface area contributed by atoms with Gasteiger partial charge in [-0.2, -0.15) is 0 Å². The lowest BCUT2D eigenvalue weighted by Crippen LogP contribution is -2.00. The summed E-state index contributed by atoms with van der Waals surface area (Å²) in [5, 5.41) is 0. The molecule has 0 aliphatic carbocycles. The summed E-state index contributed by atoms with van der Waals surface area (Å²) in [6, 6.07) is 2.15. The molecule has 0 atom stereocenters. The van der Waals surface area contributed by atoms with Gasteiger partial charge in [0.05, 0.1) is 6.61 Å². The maximum Gasteiger partial charge on any atom is 0.122 e. The van der Waals surface area contributed by atoms with Gasteiger partial charge in [0.2, 0.25) is 0 Å². The third-order valence-corrected chi connectivity index (χ3v) is 2.90. The highest BCUT2D eigenvalue weighted by Gasteiger charge is 2.07. The first-order valence-electron chi connectivity index (χ1n) is 5.28. The average molecular weight is 192 g/mol. The third kappa shape index (κ3) is 2.09. The normalized spacial score (nSPS) is 10.4. The Labute approximate surface area is 87.1 Å². The fourth-order valence-electron chi connectivity index (χ4n) is 1.54. The van der Waals surface area contributed by atoms with Crippen LogP contribution >= 0.6 is 0 Å². The van der Waals surface area contributed by atoms with Crippen molar-refractivity contribution in [3.05, 3.63) is 28.3 Å². The van der Waals surface area contributed by atoms with Crippen molar-refractivity contribution in [3.8, 4) is 5.75 Å². The van der Waals surface area contributed by atoms with Gasteiger partial charge in [-0.15, -0.1) is 0 Å². The van der Waals surface area contributed by atoms with Gasteiger partial charge in [0.25, 0.3) is 0 Å². The Morgan fingerprint density at radius 1 is 1.00 bits per heavy atom. The van der Waals surface area contributed by atoms with Crippen molar-refractivity contribution < 1.29 is 4.74 Å². The Balaban J connectivity index is 3.06. The molecular weight excluding hydrogens is 172 g/mol. The highest BCUT2D eigenvalue weighted by atomic mass is 16.5. The van der Waals surface area contributed by atoms with E-state index in [4.69, 9.17) is 4.74 Å². The van der Waals surface area contributed by atoms with E-state index in [0.717, 1.165) is 18.8 Å². The summed E-state index contributed by atoms with van der Waals surface area (Å²) in [7, 11) is 0. The SMILES string of the molecule is CCCOc1cc(C)c(C)c(C)c1C. The quantitative estimate of drug-likeness (QED) is 0.709.